The number of hydrogen-bond acceptors (Lipinski definition) is 4. The molecule has 0 aliphatic carbocycles. The zero-order valence-corrected chi connectivity index (χ0v) is 14.6. The Morgan fingerprint density at radius 1 is 1.32 bits per heavy atom. The van der Waals surface area contributed by atoms with Crippen LogP contribution < -0.4 is 11.1 Å². The van der Waals surface area contributed by atoms with Crippen molar-refractivity contribution < 1.29 is 13.2 Å². The molecule has 124 valence electrons. The first kappa shape index (κ1) is 18.6. The number of carbonyl (C=O) groups is 1. The smallest absolute Gasteiger partial charge is 0.243 e. The number of carbonyl (C=O) groups excluding carboxylic acids is 1. The van der Waals surface area contributed by atoms with Crippen LogP contribution in [-0.4, -0.2) is 38.3 Å². The van der Waals surface area contributed by atoms with E-state index in [1.807, 2.05) is 6.92 Å². The average molecular weight is 327 g/mol. The predicted octanol–water partition coefficient (Wildman–Crippen LogP) is 1.56. The average Bonchev–Trinajstić information content (AvgIpc) is 2.47. The molecule has 0 fully saturated rings. The van der Waals surface area contributed by atoms with Crippen LogP contribution >= 0.6 is 0 Å². The molecule has 0 bridgehead atoms. The standard InChI is InChI=1S/C15H25N3O3S/c1-10(2)18(5)22(20,21)13-7-6-11(3)14(8-13)17-15(19)12(4)9-16/h6-8,10,12H,9,16H2,1-5H3,(H,17,19). The van der Waals surface area contributed by atoms with Crippen molar-refractivity contribution in [1.82, 2.24) is 4.31 Å². The Labute approximate surface area is 132 Å². The molecule has 0 radical (unpaired) electrons. The van der Waals surface area contributed by atoms with Crippen molar-refractivity contribution in [2.24, 2.45) is 11.7 Å². The van der Waals surface area contributed by atoms with Crippen molar-refractivity contribution in [1.29, 1.82) is 0 Å². The van der Waals surface area contributed by atoms with Gasteiger partial charge in [0.25, 0.3) is 0 Å². The molecule has 0 heterocycles. The third-order valence-electron chi connectivity index (χ3n) is 3.67. The van der Waals surface area contributed by atoms with Crippen LogP contribution in [0.5, 0.6) is 0 Å². The van der Waals surface area contributed by atoms with Gasteiger partial charge in [-0.25, -0.2) is 8.42 Å². The molecule has 22 heavy (non-hydrogen) atoms. The van der Waals surface area contributed by atoms with E-state index in [1.54, 1.807) is 32.9 Å². The summed E-state index contributed by atoms with van der Waals surface area (Å²) in [5.74, 6) is -0.560. The van der Waals surface area contributed by atoms with Crippen LogP contribution in [0.15, 0.2) is 23.1 Å². The summed E-state index contributed by atoms with van der Waals surface area (Å²) in [6, 6.07) is 4.57. The first-order valence-corrected chi connectivity index (χ1v) is 8.64. The van der Waals surface area contributed by atoms with Gasteiger partial charge in [-0.05, 0) is 38.5 Å². The van der Waals surface area contributed by atoms with E-state index in [0.717, 1.165) is 5.56 Å². The molecule has 0 spiro atoms. The highest BCUT2D eigenvalue weighted by Gasteiger charge is 2.24. The third-order valence-corrected chi connectivity index (χ3v) is 5.70. The van der Waals surface area contributed by atoms with E-state index in [2.05, 4.69) is 5.32 Å². The van der Waals surface area contributed by atoms with E-state index in [0.29, 0.717) is 5.69 Å². The zero-order chi connectivity index (χ0) is 17.1. The lowest BCUT2D eigenvalue weighted by Gasteiger charge is -2.22. The van der Waals surface area contributed by atoms with Crippen LogP contribution in [0.4, 0.5) is 5.69 Å². The predicted molar refractivity (Wildman–Crippen MR) is 88.1 cm³/mol. The summed E-state index contributed by atoms with van der Waals surface area (Å²) in [6.45, 7) is 7.37. The van der Waals surface area contributed by atoms with E-state index >= 15 is 0 Å². The Kier molecular flexibility index (Phi) is 6.10. The van der Waals surface area contributed by atoms with Crippen LogP contribution in [0.2, 0.25) is 0 Å². The lowest BCUT2D eigenvalue weighted by molar-refractivity contribution is -0.119. The highest BCUT2D eigenvalue weighted by molar-refractivity contribution is 7.89. The van der Waals surface area contributed by atoms with Gasteiger partial charge < -0.3 is 11.1 Å². The van der Waals surface area contributed by atoms with Crippen LogP contribution in [-0.2, 0) is 14.8 Å². The molecule has 0 aromatic heterocycles. The lowest BCUT2D eigenvalue weighted by atomic mass is 10.1. The first-order chi connectivity index (χ1) is 10.1. The van der Waals surface area contributed by atoms with Gasteiger partial charge in [0.2, 0.25) is 15.9 Å². The van der Waals surface area contributed by atoms with Gasteiger partial charge in [-0.15, -0.1) is 0 Å². The van der Waals surface area contributed by atoms with Crippen molar-refractivity contribution >= 4 is 21.6 Å². The first-order valence-electron chi connectivity index (χ1n) is 7.20. The monoisotopic (exact) mass is 327 g/mol. The third kappa shape index (κ3) is 4.06. The fourth-order valence-corrected chi connectivity index (χ4v) is 3.10. The molecule has 1 aromatic rings. The van der Waals surface area contributed by atoms with E-state index in [4.69, 9.17) is 5.73 Å². The largest absolute Gasteiger partial charge is 0.330 e. The fraction of sp³-hybridized carbons (Fsp3) is 0.533. The highest BCUT2D eigenvalue weighted by Crippen LogP contribution is 2.23. The van der Waals surface area contributed by atoms with Crippen molar-refractivity contribution in [3.8, 4) is 0 Å². The quantitative estimate of drug-likeness (QED) is 0.829. The van der Waals surface area contributed by atoms with Gasteiger partial charge in [-0.3, -0.25) is 4.79 Å². The summed E-state index contributed by atoms with van der Waals surface area (Å²) in [5, 5.41) is 2.74. The molecule has 1 rings (SSSR count). The Bertz CT molecular complexity index is 641. The Morgan fingerprint density at radius 3 is 2.41 bits per heavy atom. The molecule has 1 aromatic carbocycles. The Hall–Kier alpha value is -1.44. The van der Waals surface area contributed by atoms with E-state index < -0.39 is 10.0 Å². The van der Waals surface area contributed by atoms with E-state index in [1.165, 1.54) is 17.4 Å². The molecular weight excluding hydrogens is 302 g/mol. The molecule has 0 saturated heterocycles. The molecule has 0 saturated carbocycles. The highest BCUT2D eigenvalue weighted by atomic mass is 32.2. The number of anilines is 1. The number of hydrogen-bond donors (Lipinski definition) is 2. The van der Waals surface area contributed by atoms with Crippen molar-refractivity contribution in [3.05, 3.63) is 23.8 Å². The number of nitrogens with two attached hydrogens (primary N) is 1. The van der Waals surface area contributed by atoms with Gasteiger partial charge in [-0.2, -0.15) is 4.31 Å². The second-order valence-electron chi connectivity index (χ2n) is 5.72. The number of nitrogens with zero attached hydrogens (tertiary/aromatic N) is 1. The van der Waals surface area contributed by atoms with E-state index in [-0.39, 0.29) is 29.3 Å². The minimum Gasteiger partial charge on any atom is -0.330 e. The summed E-state index contributed by atoms with van der Waals surface area (Å²) in [7, 11) is -2.05. The van der Waals surface area contributed by atoms with Gasteiger partial charge in [0.15, 0.2) is 0 Å². The van der Waals surface area contributed by atoms with Gasteiger partial charge in [-0.1, -0.05) is 13.0 Å². The molecule has 1 unspecified atom stereocenters. The summed E-state index contributed by atoms with van der Waals surface area (Å²) in [4.78, 5) is 12.1. The number of benzene rings is 1. The van der Waals surface area contributed by atoms with E-state index in [9.17, 15) is 13.2 Å². The number of sulfonamides is 1. The number of rotatable bonds is 6. The van der Waals surface area contributed by atoms with Crippen molar-refractivity contribution in [2.75, 3.05) is 18.9 Å². The zero-order valence-electron chi connectivity index (χ0n) is 13.8. The topological polar surface area (TPSA) is 92.5 Å². The SMILES string of the molecule is Cc1ccc(S(=O)(=O)N(C)C(C)C)cc1NC(=O)C(C)CN. The summed E-state index contributed by atoms with van der Waals surface area (Å²) < 4.78 is 26.3. The van der Waals surface area contributed by atoms with Gasteiger partial charge in [0.05, 0.1) is 4.90 Å². The van der Waals surface area contributed by atoms with Crippen LogP contribution in [0, 0.1) is 12.8 Å². The summed E-state index contributed by atoms with van der Waals surface area (Å²) in [6.07, 6.45) is 0. The van der Waals surface area contributed by atoms with Gasteiger partial charge in [0, 0.05) is 31.2 Å². The molecule has 3 N–H and O–H groups in total. The molecule has 7 heteroatoms. The molecule has 0 aliphatic rings. The minimum absolute atomic E-state index is 0.151. The Balaban J connectivity index is 3.17. The summed E-state index contributed by atoms with van der Waals surface area (Å²) >= 11 is 0. The maximum Gasteiger partial charge on any atom is 0.243 e. The van der Waals surface area contributed by atoms with Gasteiger partial charge >= 0.3 is 0 Å². The molecule has 0 aliphatic heterocycles. The molecular formula is C15H25N3O3S. The number of amides is 1. The van der Waals surface area contributed by atoms with Crippen molar-refractivity contribution in [3.63, 3.8) is 0 Å². The number of aryl methyl sites for hydroxylation is 1. The van der Waals surface area contributed by atoms with Crippen LogP contribution in [0.3, 0.4) is 0 Å². The maximum atomic E-state index is 12.5. The van der Waals surface area contributed by atoms with Crippen LogP contribution in [0.25, 0.3) is 0 Å². The Morgan fingerprint density at radius 2 is 1.91 bits per heavy atom. The second-order valence-corrected chi connectivity index (χ2v) is 7.72. The molecule has 6 nitrogen and oxygen atoms in total. The fourth-order valence-electron chi connectivity index (χ4n) is 1.70. The lowest BCUT2D eigenvalue weighted by Crippen LogP contribution is -2.33. The minimum atomic E-state index is -3.58. The number of nitrogens with one attached hydrogen (secondary N) is 1. The molecule has 1 atom stereocenters. The maximum absolute atomic E-state index is 12.5. The van der Waals surface area contributed by atoms with Crippen LogP contribution in [0.1, 0.15) is 26.3 Å². The summed E-state index contributed by atoms with van der Waals surface area (Å²) in [5.41, 5.74) is 6.76. The normalized spacial score (nSPS) is 13.5. The van der Waals surface area contributed by atoms with Gasteiger partial charge in [0.1, 0.15) is 0 Å². The van der Waals surface area contributed by atoms with Crippen molar-refractivity contribution in [2.45, 2.75) is 38.6 Å². The molecule has 1 amide bonds. The second kappa shape index (κ2) is 7.21.